The number of aliphatic imine (C=N–C) groups is 1. The van der Waals surface area contributed by atoms with Crippen LogP contribution in [-0.2, 0) is 25.9 Å². The van der Waals surface area contributed by atoms with Gasteiger partial charge in [-0.05, 0) is 60.1 Å². The first kappa shape index (κ1) is 18.7. The van der Waals surface area contributed by atoms with Gasteiger partial charge in [-0.25, -0.2) is 0 Å². The second-order valence-corrected chi connectivity index (χ2v) is 5.95. The summed E-state index contributed by atoms with van der Waals surface area (Å²) in [5.74, 6) is 0.454. The molecule has 0 aliphatic heterocycles. The molecule has 0 bridgehead atoms. The number of nitrogens with two attached hydrogens (primary N) is 1. The summed E-state index contributed by atoms with van der Waals surface area (Å²) < 4.78 is 0. The third kappa shape index (κ3) is 4.95. The van der Waals surface area contributed by atoms with Gasteiger partial charge in [-0.1, -0.05) is 30.3 Å². The Morgan fingerprint density at radius 1 is 1.04 bits per heavy atom. The van der Waals surface area contributed by atoms with Crippen LogP contribution in [0.25, 0.3) is 0 Å². The van der Waals surface area contributed by atoms with Crippen molar-refractivity contribution in [1.82, 2.24) is 0 Å². The molecule has 3 rings (SSSR count). The van der Waals surface area contributed by atoms with Gasteiger partial charge in [-0.2, -0.15) is 0 Å². The average Bonchev–Trinajstić information content (AvgIpc) is 3.03. The number of halogens is 1. The molecule has 4 nitrogen and oxygen atoms in total. The Hall–Kier alpha value is -1.60. The van der Waals surface area contributed by atoms with E-state index in [1.165, 1.54) is 29.5 Å². The van der Waals surface area contributed by atoms with E-state index in [9.17, 15) is 0 Å². The summed E-state index contributed by atoms with van der Waals surface area (Å²) >= 11 is 0. The molecule has 0 spiro atoms. The largest absolute Gasteiger partial charge is 0.392 e. The normalized spacial score (nSPS) is 13.3. The van der Waals surface area contributed by atoms with Gasteiger partial charge >= 0.3 is 0 Å². The maximum atomic E-state index is 9.03. The molecule has 0 radical (unpaired) electrons. The molecule has 1 aliphatic carbocycles. The van der Waals surface area contributed by atoms with E-state index in [2.05, 4.69) is 28.5 Å². The standard InChI is InChI=1S/C19H23N3O.HI/c20-19(21-11-10-14-4-6-15(13-23)7-5-14)22-18-9-8-16-2-1-3-17(16)12-18;/h4-9,12,23H,1-3,10-11,13H2,(H3,20,21,22);1H. The predicted molar refractivity (Wildman–Crippen MR) is 110 cm³/mol. The molecule has 4 N–H and O–H groups in total. The van der Waals surface area contributed by atoms with Crippen molar-refractivity contribution in [2.45, 2.75) is 32.3 Å². The van der Waals surface area contributed by atoms with Crippen molar-refractivity contribution in [3.05, 3.63) is 64.7 Å². The molecule has 0 fully saturated rings. The fourth-order valence-electron chi connectivity index (χ4n) is 2.95. The van der Waals surface area contributed by atoms with Crippen LogP contribution in [0.5, 0.6) is 0 Å². The van der Waals surface area contributed by atoms with Crippen LogP contribution in [0.15, 0.2) is 47.5 Å². The lowest BCUT2D eigenvalue weighted by Gasteiger charge is -2.08. The van der Waals surface area contributed by atoms with Gasteiger partial charge in [0.05, 0.1) is 6.61 Å². The summed E-state index contributed by atoms with van der Waals surface area (Å²) in [6, 6.07) is 14.3. The van der Waals surface area contributed by atoms with E-state index in [0.717, 1.165) is 24.1 Å². The first-order valence-corrected chi connectivity index (χ1v) is 8.12. The van der Waals surface area contributed by atoms with E-state index in [1.807, 2.05) is 24.3 Å². The van der Waals surface area contributed by atoms with E-state index in [4.69, 9.17) is 10.8 Å². The summed E-state index contributed by atoms with van der Waals surface area (Å²) in [5, 5.41) is 12.2. The molecule has 1 aliphatic rings. The van der Waals surface area contributed by atoms with Gasteiger partial charge in [-0.3, -0.25) is 4.99 Å². The van der Waals surface area contributed by atoms with Gasteiger partial charge in [0, 0.05) is 12.2 Å². The van der Waals surface area contributed by atoms with Gasteiger partial charge in [0.15, 0.2) is 5.96 Å². The highest BCUT2D eigenvalue weighted by molar-refractivity contribution is 14.0. The smallest absolute Gasteiger partial charge is 0.193 e. The molecule has 0 aromatic heterocycles. The van der Waals surface area contributed by atoms with Crippen LogP contribution < -0.4 is 11.1 Å². The zero-order valence-corrected chi connectivity index (χ0v) is 16.0. The summed E-state index contributed by atoms with van der Waals surface area (Å²) in [4.78, 5) is 4.38. The molecule has 2 aromatic carbocycles. The highest BCUT2D eigenvalue weighted by atomic mass is 127. The molecule has 5 heteroatoms. The number of rotatable bonds is 5. The zero-order valence-electron chi connectivity index (χ0n) is 13.7. The van der Waals surface area contributed by atoms with E-state index in [0.29, 0.717) is 12.5 Å². The van der Waals surface area contributed by atoms with Crippen molar-refractivity contribution in [1.29, 1.82) is 0 Å². The first-order chi connectivity index (χ1) is 11.2. The lowest BCUT2D eigenvalue weighted by Crippen LogP contribution is -2.23. The van der Waals surface area contributed by atoms with Crippen LogP contribution in [0.2, 0.25) is 0 Å². The van der Waals surface area contributed by atoms with Crippen LogP contribution in [0.4, 0.5) is 5.69 Å². The zero-order chi connectivity index (χ0) is 16.1. The number of anilines is 1. The van der Waals surface area contributed by atoms with Gasteiger partial charge in [0.2, 0.25) is 0 Å². The Labute approximate surface area is 160 Å². The predicted octanol–water partition coefficient (Wildman–Crippen LogP) is 3.25. The highest BCUT2D eigenvalue weighted by Gasteiger charge is 2.10. The minimum Gasteiger partial charge on any atom is -0.392 e. The van der Waals surface area contributed by atoms with Crippen LogP contribution in [0, 0.1) is 0 Å². The first-order valence-electron chi connectivity index (χ1n) is 8.12. The van der Waals surface area contributed by atoms with Crippen molar-refractivity contribution in [3.63, 3.8) is 0 Å². The number of hydrogen-bond donors (Lipinski definition) is 3. The summed E-state index contributed by atoms with van der Waals surface area (Å²) in [6.07, 6.45) is 4.43. The third-order valence-electron chi connectivity index (χ3n) is 4.26. The summed E-state index contributed by atoms with van der Waals surface area (Å²) in [6.45, 7) is 0.721. The maximum absolute atomic E-state index is 9.03. The number of guanidine groups is 1. The van der Waals surface area contributed by atoms with Gasteiger partial charge < -0.3 is 16.2 Å². The molecule has 0 amide bonds. The van der Waals surface area contributed by atoms with Crippen LogP contribution in [-0.4, -0.2) is 17.6 Å². The maximum Gasteiger partial charge on any atom is 0.193 e. The fraction of sp³-hybridized carbons (Fsp3) is 0.316. The monoisotopic (exact) mass is 437 g/mol. The number of fused-ring (bicyclic) bond motifs is 1. The molecular formula is C19H24IN3O. The topological polar surface area (TPSA) is 70.6 Å². The number of aryl methyl sites for hydroxylation is 2. The number of nitrogens with zero attached hydrogens (tertiary/aromatic N) is 1. The molecule has 2 aromatic rings. The van der Waals surface area contributed by atoms with Crippen molar-refractivity contribution < 1.29 is 5.11 Å². The molecular weight excluding hydrogens is 413 g/mol. The Morgan fingerprint density at radius 3 is 2.50 bits per heavy atom. The molecule has 0 heterocycles. The van der Waals surface area contributed by atoms with Crippen LogP contribution >= 0.6 is 24.0 Å². The molecule has 0 saturated carbocycles. The second-order valence-electron chi connectivity index (χ2n) is 5.95. The average molecular weight is 437 g/mol. The summed E-state index contributed by atoms with van der Waals surface area (Å²) in [7, 11) is 0. The van der Waals surface area contributed by atoms with Crippen molar-refractivity contribution >= 4 is 35.6 Å². The fourth-order valence-corrected chi connectivity index (χ4v) is 2.95. The van der Waals surface area contributed by atoms with Gasteiger partial charge in [-0.15, -0.1) is 24.0 Å². The Balaban J connectivity index is 0.00000208. The number of aliphatic hydroxyl groups excluding tert-OH is 1. The molecule has 0 unspecified atom stereocenters. The van der Waals surface area contributed by atoms with Crippen LogP contribution in [0.1, 0.15) is 28.7 Å². The lowest BCUT2D eigenvalue weighted by atomic mass is 10.1. The Bertz CT molecular complexity index is 698. The van der Waals surface area contributed by atoms with E-state index < -0.39 is 0 Å². The van der Waals surface area contributed by atoms with E-state index in [1.54, 1.807) is 0 Å². The van der Waals surface area contributed by atoms with Crippen molar-refractivity contribution in [2.75, 3.05) is 11.9 Å². The molecule has 0 atom stereocenters. The van der Waals surface area contributed by atoms with Crippen molar-refractivity contribution in [3.8, 4) is 0 Å². The third-order valence-corrected chi connectivity index (χ3v) is 4.26. The number of aliphatic hydroxyl groups is 1. The number of benzene rings is 2. The van der Waals surface area contributed by atoms with Crippen molar-refractivity contribution in [2.24, 2.45) is 10.7 Å². The highest BCUT2D eigenvalue weighted by Crippen LogP contribution is 2.24. The Morgan fingerprint density at radius 2 is 1.75 bits per heavy atom. The minimum atomic E-state index is 0. The molecule has 24 heavy (non-hydrogen) atoms. The van der Waals surface area contributed by atoms with Crippen LogP contribution in [0.3, 0.4) is 0 Å². The van der Waals surface area contributed by atoms with Gasteiger partial charge in [0.25, 0.3) is 0 Å². The quantitative estimate of drug-likeness (QED) is 0.382. The SMILES string of the molecule is I.NC(=NCCc1ccc(CO)cc1)Nc1ccc2c(c1)CCC2. The van der Waals surface area contributed by atoms with Gasteiger partial charge in [0.1, 0.15) is 0 Å². The summed E-state index contributed by atoms with van der Waals surface area (Å²) in [5.41, 5.74) is 12.0. The Kier molecular flexibility index (Phi) is 7.05. The van der Waals surface area contributed by atoms with E-state index >= 15 is 0 Å². The molecule has 128 valence electrons. The van der Waals surface area contributed by atoms with E-state index in [-0.39, 0.29) is 30.6 Å². The minimum absolute atomic E-state index is 0. The second kappa shape index (κ2) is 9.03. The lowest BCUT2D eigenvalue weighted by molar-refractivity contribution is 0.282. The number of hydrogen-bond acceptors (Lipinski definition) is 2. The number of nitrogens with one attached hydrogen (secondary N) is 1. The molecule has 0 saturated heterocycles.